The summed E-state index contributed by atoms with van der Waals surface area (Å²) in [5.41, 5.74) is 0.641. The average molecular weight is 281 g/mol. The fourth-order valence-corrected chi connectivity index (χ4v) is 4.78. The van der Waals surface area contributed by atoms with E-state index in [9.17, 15) is 0 Å². The maximum Gasteiger partial charge on any atom is -0.0298 e. The Balaban J connectivity index is 2.73. The van der Waals surface area contributed by atoms with Gasteiger partial charge in [0.2, 0.25) is 0 Å². The zero-order valence-electron chi connectivity index (χ0n) is 15.0. The van der Waals surface area contributed by atoms with Crippen molar-refractivity contribution in [3.8, 4) is 0 Å². The van der Waals surface area contributed by atoms with Crippen LogP contribution in [-0.4, -0.2) is 0 Å². The van der Waals surface area contributed by atoms with Gasteiger partial charge in [-0.1, -0.05) is 86.0 Å². The van der Waals surface area contributed by atoms with Crippen molar-refractivity contribution in [1.82, 2.24) is 0 Å². The highest BCUT2D eigenvalue weighted by molar-refractivity contribution is 4.90. The average Bonchev–Trinajstić information content (AvgIpc) is 2.46. The fraction of sp³-hybridized carbons (Fsp3) is 1.00. The van der Waals surface area contributed by atoms with Crippen LogP contribution in [0.25, 0.3) is 0 Å². The highest BCUT2D eigenvalue weighted by atomic mass is 14.5. The largest absolute Gasteiger partial charge is 0.0654 e. The molecule has 1 aliphatic carbocycles. The maximum atomic E-state index is 2.60. The molecule has 0 heterocycles. The van der Waals surface area contributed by atoms with Crippen molar-refractivity contribution in [3.05, 3.63) is 0 Å². The van der Waals surface area contributed by atoms with Crippen molar-refractivity contribution >= 4 is 0 Å². The summed E-state index contributed by atoms with van der Waals surface area (Å²) < 4.78 is 0. The standard InChI is InChI=1S/C20H40/c1-6-10-14-19-18(16-17(8-3)12-7-2)13-11-15-20(19,5)9-4/h17-19H,6-16H2,1-5H3/t17?,18-,19?,20?/m0/s1. The highest BCUT2D eigenvalue weighted by Crippen LogP contribution is 2.50. The molecule has 0 amide bonds. The smallest absolute Gasteiger partial charge is 0.0298 e. The molecule has 1 saturated carbocycles. The van der Waals surface area contributed by atoms with Gasteiger partial charge in [0, 0.05) is 0 Å². The Labute approximate surface area is 129 Å². The summed E-state index contributed by atoms with van der Waals surface area (Å²) in [5.74, 6) is 3.03. The Morgan fingerprint density at radius 3 is 2.40 bits per heavy atom. The number of unbranched alkanes of at least 4 members (excludes halogenated alkanes) is 1. The van der Waals surface area contributed by atoms with E-state index in [-0.39, 0.29) is 0 Å². The van der Waals surface area contributed by atoms with Crippen LogP contribution in [0.4, 0.5) is 0 Å². The van der Waals surface area contributed by atoms with E-state index in [0.29, 0.717) is 5.41 Å². The molecule has 0 saturated heterocycles. The van der Waals surface area contributed by atoms with Gasteiger partial charge >= 0.3 is 0 Å². The van der Waals surface area contributed by atoms with Crippen LogP contribution in [0.15, 0.2) is 0 Å². The lowest BCUT2D eigenvalue weighted by atomic mass is 9.58. The second-order valence-electron chi connectivity index (χ2n) is 7.71. The van der Waals surface area contributed by atoms with Gasteiger partial charge in [-0.15, -0.1) is 0 Å². The van der Waals surface area contributed by atoms with Gasteiger partial charge in [-0.3, -0.25) is 0 Å². The highest BCUT2D eigenvalue weighted by Gasteiger charge is 2.40. The van der Waals surface area contributed by atoms with Crippen molar-refractivity contribution in [1.29, 1.82) is 0 Å². The van der Waals surface area contributed by atoms with Gasteiger partial charge in [-0.25, -0.2) is 0 Å². The third-order valence-corrected chi connectivity index (χ3v) is 6.37. The SMILES string of the molecule is CCCCC1[C@H](CC(CC)CCC)CCCC1(C)CC. The normalized spacial score (nSPS) is 32.2. The van der Waals surface area contributed by atoms with Gasteiger partial charge in [0.25, 0.3) is 0 Å². The van der Waals surface area contributed by atoms with Crippen LogP contribution in [0, 0.1) is 23.2 Å². The molecular weight excluding hydrogens is 240 g/mol. The van der Waals surface area contributed by atoms with Gasteiger partial charge < -0.3 is 0 Å². The monoisotopic (exact) mass is 280 g/mol. The Kier molecular flexibility index (Phi) is 8.22. The second kappa shape index (κ2) is 9.11. The molecule has 0 aromatic heterocycles. The third-order valence-electron chi connectivity index (χ3n) is 6.37. The van der Waals surface area contributed by atoms with Crippen molar-refractivity contribution in [2.24, 2.45) is 23.2 Å². The van der Waals surface area contributed by atoms with Crippen LogP contribution in [0.2, 0.25) is 0 Å². The van der Waals surface area contributed by atoms with E-state index >= 15 is 0 Å². The van der Waals surface area contributed by atoms with Crippen LogP contribution in [0.5, 0.6) is 0 Å². The molecule has 4 atom stereocenters. The lowest BCUT2D eigenvalue weighted by Gasteiger charge is -2.47. The molecule has 1 fully saturated rings. The molecule has 0 N–H and O–H groups in total. The van der Waals surface area contributed by atoms with Gasteiger partial charge in [0.05, 0.1) is 0 Å². The van der Waals surface area contributed by atoms with Gasteiger partial charge in [-0.2, -0.15) is 0 Å². The first-order valence-corrected chi connectivity index (χ1v) is 9.61. The minimum absolute atomic E-state index is 0.641. The molecule has 120 valence electrons. The summed E-state index contributed by atoms with van der Waals surface area (Å²) in [6.45, 7) is 12.1. The summed E-state index contributed by atoms with van der Waals surface area (Å²) >= 11 is 0. The predicted octanol–water partition coefficient (Wildman–Crippen LogP) is 7.23. The number of hydrogen-bond donors (Lipinski definition) is 0. The zero-order chi connectivity index (χ0) is 15.0. The summed E-state index contributed by atoms with van der Waals surface area (Å²) in [7, 11) is 0. The Hall–Kier alpha value is 0. The lowest BCUT2D eigenvalue weighted by molar-refractivity contribution is 0.0314. The van der Waals surface area contributed by atoms with E-state index in [1.165, 1.54) is 70.6 Å². The molecule has 3 unspecified atom stereocenters. The molecule has 0 spiro atoms. The Bertz CT molecular complexity index is 244. The van der Waals surface area contributed by atoms with Crippen molar-refractivity contribution in [2.45, 2.75) is 105 Å². The van der Waals surface area contributed by atoms with Crippen LogP contribution in [0.3, 0.4) is 0 Å². The van der Waals surface area contributed by atoms with Crippen molar-refractivity contribution in [3.63, 3.8) is 0 Å². The van der Waals surface area contributed by atoms with Crippen LogP contribution >= 0.6 is 0 Å². The molecule has 20 heavy (non-hydrogen) atoms. The quantitative estimate of drug-likeness (QED) is 0.418. The number of rotatable bonds is 9. The molecule has 1 aliphatic rings. The molecule has 0 aromatic carbocycles. The van der Waals surface area contributed by atoms with Crippen LogP contribution in [0.1, 0.15) is 105 Å². The minimum atomic E-state index is 0.641. The molecule has 0 aromatic rings. The summed E-state index contributed by atoms with van der Waals surface area (Å²) in [6, 6.07) is 0. The zero-order valence-corrected chi connectivity index (χ0v) is 15.0. The summed E-state index contributed by atoms with van der Waals surface area (Å²) in [6.07, 6.45) is 15.9. The molecule has 0 heteroatoms. The first-order valence-electron chi connectivity index (χ1n) is 9.61. The van der Waals surface area contributed by atoms with E-state index in [0.717, 1.165) is 17.8 Å². The van der Waals surface area contributed by atoms with E-state index < -0.39 is 0 Å². The second-order valence-corrected chi connectivity index (χ2v) is 7.71. The molecular formula is C20H40. The Morgan fingerprint density at radius 2 is 1.85 bits per heavy atom. The maximum absolute atomic E-state index is 2.60. The van der Waals surface area contributed by atoms with E-state index in [4.69, 9.17) is 0 Å². The van der Waals surface area contributed by atoms with Gasteiger partial charge in [0.15, 0.2) is 0 Å². The third kappa shape index (κ3) is 4.78. The molecule has 0 nitrogen and oxygen atoms in total. The first-order chi connectivity index (χ1) is 9.61. The fourth-order valence-electron chi connectivity index (χ4n) is 4.78. The topological polar surface area (TPSA) is 0 Å². The van der Waals surface area contributed by atoms with E-state index in [1.54, 1.807) is 0 Å². The first kappa shape index (κ1) is 18.1. The summed E-state index contributed by atoms with van der Waals surface area (Å²) in [5, 5.41) is 0. The van der Waals surface area contributed by atoms with Crippen molar-refractivity contribution < 1.29 is 0 Å². The Morgan fingerprint density at radius 1 is 1.10 bits per heavy atom. The number of hydrogen-bond acceptors (Lipinski definition) is 0. The van der Waals surface area contributed by atoms with Gasteiger partial charge in [-0.05, 0) is 42.4 Å². The van der Waals surface area contributed by atoms with Crippen LogP contribution < -0.4 is 0 Å². The molecule has 0 radical (unpaired) electrons. The summed E-state index contributed by atoms with van der Waals surface area (Å²) in [4.78, 5) is 0. The van der Waals surface area contributed by atoms with E-state index in [2.05, 4.69) is 34.6 Å². The predicted molar refractivity (Wildman–Crippen MR) is 92.1 cm³/mol. The van der Waals surface area contributed by atoms with Gasteiger partial charge in [0.1, 0.15) is 0 Å². The molecule has 0 aliphatic heterocycles. The molecule has 0 bridgehead atoms. The van der Waals surface area contributed by atoms with Crippen molar-refractivity contribution in [2.75, 3.05) is 0 Å². The lowest BCUT2D eigenvalue weighted by Crippen LogP contribution is -2.37. The minimum Gasteiger partial charge on any atom is -0.0654 e. The molecule has 1 rings (SSSR count). The van der Waals surface area contributed by atoms with Crippen LogP contribution in [-0.2, 0) is 0 Å². The van der Waals surface area contributed by atoms with E-state index in [1.807, 2.05) is 0 Å².